The Morgan fingerprint density at radius 2 is 2.00 bits per heavy atom. The molecule has 1 atom stereocenters. The second-order valence-corrected chi connectivity index (χ2v) is 7.71. The molecule has 138 valence electrons. The van der Waals surface area contributed by atoms with Crippen molar-refractivity contribution in [2.24, 2.45) is 0 Å². The van der Waals surface area contributed by atoms with E-state index in [1.165, 1.54) is 0 Å². The zero-order chi connectivity index (χ0) is 18.9. The van der Waals surface area contributed by atoms with Crippen molar-refractivity contribution in [3.05, 3.63) is 58.7 Å². The Morgan fingerprint density at radius 1 is 1.23 bits per heavy atom. The van der Waals surface area contributed by atoms with Crippen molar-refractivity contribution in [2.45, 2.75) is 52.2 Å². The van der Waals surface area contributed by atoms with Gasteiger partial charge in [-0.1, -0.05) is 29.8 Å². The van der Waals surface area contributed by atoms with Crippen molar-refractivity contribution in [3.8, 4) is 11.5 Å². The van der Waals surface area contributed by atoms with Crippen molar-refractivity contribution in [2.75, 3.05) is 7.11 Å². The van der Waals surface area contributed by atoms with Crippen LogP contribution in [0.2, 0.25) is 0 Å². The molecule has 1 aliphatic rings. The van der Waals surface area contributed by atoms with Crippen molar-refractivity contribution in [1.82, 2.24) is 5.32 Å². The number of fused-ring (bicyclic) bond motifs is 1. The van der Waals surface area contributed by atoms with E-state index in [4.69, 9.17) is 9.47 Å². The molecular weight excluding hydrogens is 326 g/mol. The highest BCUT2D eigenvalue weighted by molar-refractivity contribution is 5.79. The number of amides is 1. The number of hydrogen-bond donors (Lipinski definition) is 1. The number of rotatable bonds is 4. The summed E-state index contributed by atoms with van der Waals surface area (Å²) >= 11 is 0. The molecule has 2 aromatic carbocycles. The smallest absolute Gasteiger partial charge is 0.224 e. The Labute approximate surface area is 155 Å². The van der Waals surface area contributed by atoms with Crippen LogP contribution >= 0.6 is 0 Å². The van der Waals surface area contributed by atoms with E-state index in [0.29, 0.717) is 6.42 Å². The van der Waals surface area contributed by atoms with E-state index < -0.39 is 0 Å². The second kappa shape index (κ2) is 7.02. The highest BCUT2D eigenvalue weighted by Gasteiger charge is 2.34. The van der Waals surface area contributed by atoms with Gasteiger partial charge in [0.25, 0.3) is 0 Å². The fourth-order valence-corrected chi connectivity index (χ4v) is 3.58. The third-order valence-corrected chi connectivity index (χ3v) is 4.78. The number of hydrogen-bond acceptors (Lipinski definition) is 3. The topological polar surface area (TPSA) is 47.6 Å². The molecule has 4 nitrogen and oxygen atoms in total. The molecule has 4 heteroatoms. The maximum Gasteiger partial charge on any atom is 0.224 e. The molecule has 0 saturated heterocycles. The van der Waals surface area contributed by atoms with Gasteiger partial charge in [-0.15, -0.1) is 0 Å². The predicted molar refractivity (Wildman–Crippen MR) is 103 cm³/mol. The third-order valence-electron chi connectivity index (χ3n) is 4.78. The van der Waals surface area contributed by atoms with Crippen LogP contribution in [-0.4, -0.2) is 18.6 Å². The number of nitrogens with one attached hydrogen (secondary N) is 1. The van der Waals surface area contributed by atoms with E-state index in [1.54, 1.807) is 7.11 Å². The normalized spacial score (nSPS) is 17.8. The first-order valence-electron chi connectivity index (χ1n) is 9.00. The number of aryl methyl sites for hydroxylation is 2. The maximum absolute atomic E-state index is 12.7. The minimum Gasteiger partial charge on any atom is -0.496 e. The summed E-state index contributed by atoms with van der Waals surface area (Å²) in [4.78, 5) is 12.7. The van der Waals surface area contributed by atoms with Crippen LogP contribution < -0.4 is 14.8 Å². The van der Waals surface area contributed by atoms with Gasteiger partial charge in [-0.05, 0) is 51.0 Å². The average molecular weight is 353 g/mol. The van der Waals surface area contributed by atoms with Crippen LogP contribution in [0.4, 0.5) is 0 Å². The molecule has 3 rings (SSSR count). The minimum atomic E-state index is -0.309. The standard InChI is InChI=1S/C22H27NO3/c1-14-6-8-20-17(10-14)18(13-22(3,4)26-20)23-21(24)12-16-7-9-19(25-5)15(2)11-16/h6-11,18H,12-13H2,1-5H3,(H,23,24). The lowest BCUT2D eigenvalue weighted by Crippen LogP contribution is -2.41. The fourth-order valence-electron chi connectivity index (χ4n) is 3.58. The van der Waals surface area contributed by atoms with Crippen molar-refractivity contribution >= 4 is 5.91 Å². The lowest BCUT2D eigenvalue weighted by atomic mass is 9.88. The minimum absolute atomic E-state index is 0.0183. The third kappa shape index (κ3) is 4.01. The highest BCUT2D eigenvalue weighted by atomic mass is 16.5. The average Bonchev–Trinajstić information content (AvgIpc) is 2.55. The van der Waals surface area contributed by atoms with Gasteiger partial charge in [-0.3, -0.25) is 4.79 Å². The van der Waals surface area contributed by atoms with Gasteiger partial charge in [0.05, 0.1) is 19.6 Å². The van der Waals surface area contributed by atoms with E-state index in [1.807, 2.05) is 37.3 Å². The summed E-state index contributed by atoms with van der Waals surface area (Å²) in [5.41, 5.74) is 3.93. The molecule has 0 spiro atoms. The second-order valence-electron chi connectivity index (χ2n) is 7.71. The molecule has 1 N–H and O–H groups in total. The van der Waals surface area contributed by atoms with E-state index >= 15 is 0 Å². The number of carbonyl (C=O) groups is 1. The summed E-state index contributed by atoms with van der Waals surface area (Å²) in [5, 5.41) is 3.20. The molecule has 0 bridgehead atoms. The van der Waals surface area contributed by atoms with Crippen molar-refractivity contribution in [1.29, 1.82) is 0 Å². The first-order chi connectivity index (χ1) is 12.3. The number of methoxy groups -OCH3 is 1. The summed E-state index contributed by atoms with van der Waals surface area (Å²) in [5.74, 6) is 1.71. The predicted octanol–water partition coefficient (Wildman–Crippen LogP) is 4.27. The first kappa shape index (κ1) is 18.3. The van der Waals surface area contributed by atoms with E-state index in [2.05, 4.69) is 32.2 Å². The fraction of sp³-hybridized carbons (Fsp3) is 0.409. The molecule has 0 saturated carbocycles. The van der Waals surface area contributed by atoms with Gasteiger partial charge < -0.3 is 14.8 Å². The van der Waals surface area contributed by atoms with Crippen LogP contribution in [0.15, 0.2) is 36.4 Å². The Kier molecular flexibility index (Phi) is 4.94. The zero-order valence-corrected chi connectivity index (χ0v) is 16.2. The van der Waals surface area contributed by atoms with Gasteiger partial charge in [0, 0.05) is 12.0 Å². The van der Waals surface area contributed by atoms with Crippen LogP contribution in [0.5, 0.6) is 11.5 Å². The molecule has 1 heterocycles. The quantitative estimate of drug-likeness (QED) is 0.893. The summed E-state index contributed by atoms with van der Waals surface area (Å²) in [6.07, 6.45) is 1.10. The van der Waals surface area contributed by atoms with E-state index in [-0.39, 0.29) is 17.6 Å². The molecule has 26 heavy (non-hydrogen) atoms. The molecular formula is C22H27NO3. The van der Waals surface area contributed by atoms with Gasteiger partial charge in [0.15, 0.2) is 0 Å². The van der Waals surface area contributed by atoms with Crippen LogP contribution in [0.1, 0.15) is 48.6 Å². The number of carbonyl (C=O) groups excluding carboxylic acids is 1. The lowest BCUT2D eigenvalue weighted by molar-refractivity contribution is -0.121. The van der Waals surface area contributed by atoms with Crippen LogP contribution in [0.3, 0.4) is 0 Å². The van der Waals surface area contributed by atoms with Gasteiger partial charge in [-0.2, -0.15) is 0 Å². The Hall–Kier alpha value is -2.49. The van der Waals surface area contributed by atoms with Crippen LogP contribution in [-0.2, 0) is 11.2 Å². The number of ether oxygens (including phenoxy) is 2. The lowest BCUT2D eigenvalue weighted by Gasteiger charge is -2.38. The summed E-state index contributed by atoms with van der Waals surface area (Å²) in [6.45, 7) is 8.16. The van der Waals surface area contributed by atoms with Crippen LogP contribution in [0.25, 0.3) is 0 Å². The van der Waals surface area contributed by atoms with Crippen molar-refractivity contribution in [3.63, 3.8) is 0 Å². The molecule has 0 radical (unpaired) electrons. The Morgan fingerprint density at radius 3 is 2.69 bits per heavy atom. The van der Waals surface area contributed by atoms with E-state index in [0.717, 1.165) is 40.2 Å². The highest BCUT2D eigenvalue weighted by Crippen LogP contribution is 2.39. The van der Waals surface area contributed by atoms with Gasteiger partial charge in [0.1, 0.15) is 17.1 Å². The zero-order valence-electron chi connectivity index (χ0n) is 16.2. The Balaban J connectivity index is 1.76. The molecule has 0 fully saturated rings. The largest absolute Gasteiger partial charge is 0.496 e. The summed E-state index contributed by atoms with van der Waals surface area (Å²) in [6, 6.07) is 12.0. The molecule has 0 aliphatic carbocycles. The first-order valence-corrected chi connectivity index (χ1v) is 9.00. The Bertz CT molecular complexity index is 826. The summed E-state index contributed by atoms with van der Waals surface area (Å²) < 4.78 is 11.4. The van der Waals surface area contributed by atoms with E-state index in [9.17, 15) is 4.79 Å². The molecule has 1 unspecified atom stereocenters. The summed E-state index contributed by atoms with van der Waals surface area (Å²) in [7, 11) is 1.65. The number of benzene rings is 2. The molecule has 1 aliphatic heterocycles. The molecule has 1 amide bonds. The van der Waals surface area contributed by atoms with Gasteiger partial charge >= 0.3 is 0 Å². The van der Waals surface area contributed by atoms with Gasteiger partial charge in [0.2, 0.25) is 5.91 Å². The van der Waals surface area contributed by atoms with Crippen LogP contribution in [0, 0.1) is 13.8 Å². The SMILES string of the molecule is COc1ccc(CC(=O)NC2CC(C)(C)Oc3ccc(C)cc32)cc1C. The van der Waals surface area contributed by atoms with Gasteiger partial charge in [-0.25, -0.2) is 0 Å². The maximum atomic E-state index is 12.7. The molecule has 0 aromatic heterocycles. The molecule has 2 aromatic rings. The van der Waals surface area contributed by atoms with Crippen molar-refractivity contribution < 1.29 is 14.3 Å². The monoisotopic (exact) mass is 353 g/mol.